The van der Waals surface area contributed by atoms with E-state index in [0.29, 0.717) is 0 Å². The largest absolute Gasteiger partial charge is 0.357 e. The van der Waals surface area contributed by atoms with Crippen LogP contribution >= 0.6 is 15.9 Å². The number of aromatic nitrogens is 1. The number of fused-ring (bicyclic) bond motifs is 1. The van der Waals surface area contributed by atoms with E-state index in [9.17, 15) is 4.79 Å². The van der Waals surface area contributed by atoms with Gasteiger partial charge in [-0.05, 0) is 84.1 Å². The Balaban J connectivity index is 1.53. The van der Waals surface area contributed by atoms with Crippen molar-refractivity contribution in [3.8, 4) is 0 Å². The van der Waals surface area contributed by atoms with Crippen molar-refractivity contribution in [2.24, 2.45) is 0 Å². The van der Waals surface area contributed by atoms with Gasteiger partial charge in [-0.2, -0.15) is 0 Å². The van der Waals surface area contributed by atoms with Crippen LogP contribution in [0.1, 0.15) is 24.8 Å². The highest BCUT2D eigenvalue weighted by atomic mass is 79.9. The molecule has 6 heteroatoms. The molecule has 2 heterocycles. The van der Waals surface area contributed by atoms with Crippen LogP contribution in [0.15, 0.2) is 53.0 Å². The van der Waals surface area contributed by atoms with Gasteiger partial charge >= 0.3 is 6.03 Å². The summed E-state index contributed by atoms with van der Waals surface area (Å²) < 4.78 is 0.842. The Kier molecular flexibility index (Phi) is 5.48. The molecule has 0 spiro atoms. The first-order valence-electron chi connectivity index (χ1n) is 9.59. The zero-order valence-electron chi connectivity index (χ0n) is 15.8. The molecule has 2 aromatic carbocycles. The van der Waals surface area contributed by atoms with Crippen LogP contribution in [0.2, 0.25) is 0 Å². The molecule has 0 atom stereocenters. The summed E-state index contributed by atoms with van der Waals surface area (Å²) >= 11 is 3.44. The number of carbonyl (C=O) groups is 1. The second kappa shape index (κ2) is 8.19. The van der Waals surface area contributed by atoms with E-state index in [1.807, 2.05) is 42.5 Å². The predicted molar refractivity (Wildman–Crippen MR) is 119 cm³/mol. The summed E-state index contributed by atoms with van der Waals surface area (Å²) in [5.74, 6) is 1.05. The van der Waals surface area contributed by atoms with Gasteiger partial charge in [0, 0.05) is 28.6 Å². The van der Waals surface area contributed by atoms with Crippen molar-refractivity contribution in [2.75, 3.05) is 28.6 Å². The number of rotatable bonds is 3. The summed E-state index contributed by atoms with van der Waals surface area (Å²) in [6.07, 6.45) is 3.77. The maximum atomic E-state index is 12.4. The first-order chi connectivity index (χ1) is 13.6. The molecule has 144 valence electrons. The molecule has 3 aromatic rings. The molecule has 1 aliphatic rings. The number of aryl methyl sites for hydroxylation is 1. The molecular weight excluding hydrogens is 416 g/mol. The minimum absolute atomic E-state index is 0.276. The number of urea groups is 1. The van der Waals surface area contributed by atoms with Crippen LogP contribution in [0.5, 0.6) is 0 Å². The number of nitrogens with one attached hydrogen (secondary N) is 2. The first kappa shape index (κ1) is 18.7. The topological polar surface area (TPSA) is 57.3 Å². The van der Waals surface area contributed by atoms with Crippen molar-refractivity contribution in [1.82, 2.24) is 4.98 Å². The molecule has 1 aromatic heterocycles. The van der Waals surface area contributed by atoms with E-state index in [1.54, 1.807) is 0 Å². The molecular formula is C22H23BrN4O. The van der Waals surface area contributed by atoms with Gasteiger partial charge in [0.2, 0.25) is 0 Å². The van der Waals surface area contributed by atoms with Crippen LogP contribution in [-0.2, 0) is 0 Å². The number of benzene rings is 2. The van der Waals surface area contributed by atoms with E-state index in [0.717, 1.165) is 45.7 Å². The third kappa shape index (κ3) is 4.12. The Morgan fingerprint density at radius 2 is 1.82 bits per heavy atom. The predicted octanol–water partition coefficient (Wildman–Crippen LogP) is 5.94. The molecule has 5 nitrogen and oxygen atoms in total. The normalized spacial score (nSPS) is 14.1. The van der Waals surface area contributed by atoms with Gasteiger partial charge in [-0.15, -0.1) is 0 Å². The van der Waals surface area contributed by atoms with Gasteiger partial charge in [0.25, 0.3) is 0 Å². The van der Waals surface area contributed by atoms with Crippen molar-refractivity contribution in [3.63, 3.8) is 0 Å². The van der Waals surface area contributed by atoms with Crippen LogP contribution in [-0.4, -0.2) is 24.1 Å². The van der Waals surface area contributed by atoms with E-state index in [4.69, 9.17) is 4.98 Å². The van der Waals surface area contributed by atoms with Crippen molar-refractivity contribution in [1.29, 1.82) is 0 Å². The SMILES string of the molecule is Cc1cc(N2CCCCC2)nc2ccc(NC(=O)Nc3ccccc3Br)cc12. The highest BCUT2D eigenvalue weighted by Crippen LogP contribution is 2.27. The lowest BCUT2D eigenvalue weighted by molar-refractivity contribution is 0.262. The second-order valence-electron chi connectivity index (χ2n) is 7.14. The maximum Gasteiger partial charge on any atom is 0.323 e. The third-order valence-corrected chi connectivity index (χ3v) is 5.75. The van der Waals surface area contributed by atoms with E-state index < -0.39 is 0 Å². The molecule has 0 radical (unpaired) electrons. The lowest BCUT2D eigenvalue weighted by Crippen LogP contribution is -2.30. The van der Waals surface area contributed by atoms with Crippen LogP contribution in [0.25, 0.3) is 10.9 Å². The zero-order chi connectivity index (χ0) is 19.5. The Labute approximate surface area is 173 Å². The number of piperidine rings is 1. The average molecular weight is 439 g/mol. The maximum absolute atomic E-state index is 12.4. The van der Waals surface area contributed by atoms with Gasteiger partial charge in [-0.1, -0.05) is 12.1 Å². The van der Waals surface area contributed by atoms with E-state index in [1.165, 1.54) is 24.8 Å². The highest BCUT2D eigenvalue weighted by molar-refractivity contribution is 9.10. The Bertz CT molecular complexity index is 1010. The Hall–Kier alpha value is -2.60. The molecule has 0 aliphatic carbocycles. The summed E-state index contributed by atoms with van der Waals surface area (Å²) in [6, 6.07) is 15.3. The summed E-state index contributed by atoms with van der Waals surface area (Å²) in [4.78, 5) is 19.6. The molecule has 1 aliphatic heterocycles. The average Bonchev–Trinajstić information content (AvgIpc) is 2.71. The number of carbonyl (C=O) groups excluding carboxylic acids is 1. The minimum Gasteiger partial charge on any atom is -0.357 e. The van der Waals surface area contributed by atoms with Gasteiger partial charge in [0.15, 0.2) is 0 Å². The fourth-order valence-corrected chi connectivity index (χ4v) is 3.97. The molecule has 1 saturated heterocycles. The first-order valence-corrected chi connectivity index (χ1v) is 10.4. The van der Waals surface area contributed by atoms with Gasteiger partial charge in [-0.3, -0.25) is 0 Å². The molecule has 0 unspecified atom stereocenters. The third-order valence-electron chi connectivity index (χ3n) is 5.06. The van der Waals surface area contributed by atoms with Crippen LogP contribution < -0.4 is 15.5 Å². The highest BCUT2D eigenvalue weighted by Gasteiger charge is 2.14. The number of para-hydroxylation sites is 1. The monoisotopic (exact) mass is 438 g/mol. The number of pyridine rings is 1. The standard InChI is InChI=1S/C22H23BrN4O/c1-15-13-21(27-11-5-2-6-12-27)25-19-10-9-16(14-17(15)19)24-22(28)26-20-8-4-3-7-18(20)23/h3-4,7-10,13-14H,2,5-6,11-12H2,1H3,(H2,24,26,28). The zero-order valence-corrected chi connectivity index (χ0v) is 17.4. The Morgan fingerprint density at radius 1 is 1.04 bits per heavy atom. The smallest absolute Gasteiger partial charge is 0.323 e. The quantitative estimate of drug-likeness (QED) is 0.531. The lowest BCUT2D eigenvalue weighted by Gasteiger charge is -2.28. The van der Waals surface area contributed by atoms with Crippen LogP contribution in [0.3, 0.4) is 0 Å². The number of amides is 2. The van der Waals surface area contributed by atoms with Crippen molar-refractivity contribution < 1.29 is 4.79 Å². The van der Waals surface area contributed by atoms with Crippen LogP contribution in [0, 0.1) is 6.92 Å². The Morgan fingerprint density at radius 3 is 2.61 bits per heavy atom. The molecule has 2 N–H and O–H groups in total. The molecule has 0 bridgehead atoms. The number of hydrogen-bond donors (Lipinski definition) is 2. The van der Waals surface area contributed by atoms with Crippen molar-refractivity contribution in [2.45, 2.75) is 26.2 Å². The van der Waals surface area contributed by atoms with Crippen molar-refractivity contribution >= 4 is 50.1 Å². The number of nitrogens with zero attached hydrogens (tertiary/aromatic N) is 2. The fourth-order valence-electron chi connectivity index (χ4n) is 3.59. The van der Waals surface area contributed by atoms with Gasteiger partial charge in [0.1, 0.15) is 5.82 Å². The summed E-state index contributed by atoms with van der Waals surface area (Å²) in [7, 11) is 0. The van der Waals surface area contributed by atoms with E-state index in [-0.39, 0.29) is 6.03 Å². The van der Waals surface area contributed by atoms with Gasteiger partial charge < -0.3 is 15.5 Å². The number of halogens is 1. The molecule has 2 amide bonds. The number of anilines is 3. The van der Waals surface area contributed by atoms with E-state index in [2.05, 4.69) is 44.5 Å². The minimum atomic E-state index is -0.276. The summed E-state index contributed by atoms with van der Waals surface area (Å²) in [5.41, 5.74) is 3.59. The molecule has 28 heavy (non-hydrogen) atoms. The molecule has 0 saturated carbocycles. The van der Waals surface area contributed by atoms with Gasteiger partial charge in [-0.25, -0.2) is 9.78 Å². The fraction of sp³-hybridized carbons (Fsp3) is 0.273. The summed E-state index contributed by atoms with van der Waals surface area (Å²) in [6.45, 7) is 4.25. The summed E-state index contributed by atoms with van der Waals surface area (Å²) in [5, 5.41) is 6.82. The van der Waals surface area contributed by atoms with Crippen molar-refractivity contribution in [3.05, 3.63) is 58.6 Å². The second-order valence-corrected chi connectivity index (χ2v) is 7.99. The lowest BCUT2D eigenvalue weighted by atomic mass is 10.1. The van der Waals surface area contributed by atoms with Crippen LogP contribution in [0.4, 0.5) is 22.0 Å². The molecule has 1 fully saturated rings. The number of hydrogen-bond acceptors (Lipinski definition) is 3. The van der Waals surface area contributed by atoms with E-state index >= 15 is 0 Å². The molecule has 4 rings (SSSR count). The van der Waals surface area contributed by atoms with Gasteiger partial charge in [0.05, 0.1) is 11.2 Å².